The summed E-state index contributed by atoms with van der Waals surface area (Å²) in [5, 5.41) is 6.99. The van der Waals surface area contributed by atoms with Crippen molar-refractivity contribution in [2.45, 2.75) is 89.8 Å². The van der Waals surface area contributed by atoms with Gasteiger partial charge in [-0.25, -0.2) is 0 Å². The average Bonchev–Trinajstić information content (AvgIpc) is 3.46. The van der Waals surface area contributed by atoms with E-state index < -0.39 is 5.54 Å². The summed E-state index contributed by atoms with van der Waals surface area (Å²) in [5.74, 6) is -0.500. The molecule has 1 aromatic carbocycles. The number of fused-ring (bicyclic) bond motifs is 3. The van der Waals surface area contributed by atoms with Gasteiger partial charge >= 0.3 is 0 Å². The smallest absolute Gasteiger partial charge is 0.273 e. The van der Waals surface area contributed by atoms with Crippen LogP contribution in [0.1, 0.15) is 82.1 Å². The summed E-state index contributed by atoms with van der Waals surface area (Å²) < 4.78 is 1.94. The van der Waals surface area contributed by atoms with Gasteiger partial charge in [0.15, 0.2) is 0 Å². The maximum atomic E-state index is 14.2. The fourth-order valence-electron chi connectivity index (χ4n) is 6.08. The van der Waals surface area contributed by atoms with Gasteiger partial charge in [-0.15, -0.1) is 0 Å². The molecule has 2 heterocycles. The van der Waals surface area contributed by atoms with Crippen molar-refractivity contribution in [3.05, 3.63) is 41.6 Å². The molecule has 0 spiro atoms. The molecule has 3 amide bonds. The van der Waals surface area contributed by atoms with Gasteiger partial charge < -0.3 is 20.1 Å². The molecule has 7 nitrogen and oxygen atoms in total. The third kappa shape index (κ3) is 4.37. The van der Waals surface area contributed by atoms with Gasteiger partial charge in [0.2, 0.25) is 11.8 Å². The zero-order valence-corrected chi connectivity index (χ0v) is 20.9. The molecule has 1 fully saturated rings. The topological polar surface area (TPSA) is 83.4 Å². The van der Waals surface area contributed by atoms with E-state index in [1.807, 2.05) is 35.8 Å². The second-order valence-corrected chi connectivity index (χ2v) is 10.6. The van der Waals surface area contributed by atoms with Crippen molar-refractivity contribution < 1.29 is 14.4 Å². The fraction of sp³-hybridized carbons (Fsp3) is 0.536. The predicted molar refractivity (Wildman–Crippen MR) is 137 cm³/mol. The first-order chi connectivity index (χ1) is 16.9. The Morgan fingerprint density at radius 1 is 1.11 bits per heavy atom. The van der Waals surface area contributed by atoms with Crippen molar-refractivity contribution in [3.63, 3.8) is 0 Å². The van der Waals surface area contributed by atoms with E-state index in [4.69, 9.17) is 0 Å². The number of hydrogen-bond acceptors (Lipinski definition) is 3. The second-order valence-electron chi connectivity index (χ2n) is 10.6. The molecule has 2 N–H and O–H groups in total. The minimum atomic E-state index is -1.02. The summed E-state index contributed by atoms with van der Waals surface area (Å²) in [6, 6.07) is 7.88. The van der Waals surface area contributed by atoms with Crippen LogP contribution in [0.2, 0.25) is 0 Å². The molecule has 5 rings (SSSR count). The Labute approximate surface area is 206 Å². The number of anilines is 1. The number of aromatic nitrogens is 1. The second kappa shape index (κ2) is 9.51. The molecular weight excluding hydrogens is 440 g/mol. The molecule has 1 aromatic heterocycles. The zero-order valence-electron chi connectivity index (χ0n) is 20.9. The fourth-order valence-corrected chi connectivity index (χ4v) is 6.08. The highest BCUT2D eigenvalue weighted by atomic mass is 16.2. The van der Waals surface area contributed by atoms with Crippen LogP contribution in [0.5, 0.6) is 0 Å². The van der Waals surface area contributed by atoms with Gasteiger partial charge in [0.1, 0.15) is 11.2 Å². The maximum Gasteiger partial charge on any atom is 0.273 e. The van der Waals surface area contributed by atoms with Crippen LogP contribution in [0.25, 0.3) is 10.9 Å². The quantitative estimate of drug-likeness (QED) is 0.590. The lowest BCUT2D eigenvalue weighted by Crippen LogP contribution is -2.65. The zero-order chi connectivity index (χ0) is 24.6. The molecule has 0 saturated heterocycles. The molecule has 3 aliphatic rings. The molecule has 1 aliphatic heterocycles. The SMILES string of the molecule is CC(=O)Nc1c2n(c3ccccc13)C[C@@](C)(C(=O)NC1CCCC1)N(CCC1=CCCCC1)C2=O. The highest BCUT2D eigenvalue weighted by molar-refractivity contribution is 6.14. The van der Waals surface area contributed by atoms with Gasteiger partial charge in [-0.2, -0.15) is 0 Å². The van der Waals surface area contributed by atoms with E-state index in [-0.39, 0.29) is 23.8 Å². The molecule has 1 saturated carbocycles. The lowest BCUT2D eigenvalue weighted by atomic mass is 9.92. The third-order valence-corrected chi connectivity index (χ3v) is 8.00. The Balaban J connectivity index is 1.56. The standard InChI is InChI=1S/C28H36N4O3/c1-19(33)29-24-22-14-8-9-15-23(22)31-18-28(2,27(35)30-21-12-6-7-13-21)32(26(34)25(24)31)17-16-20-10-4-3-5-11-20/h8-10,14-15,21H,3-7,11-13,16-18H2,1-2H3,(H,29,33)(H,30,35)/t28-/m0/s1. The number of carbonyl (C=O) groups is 3. The van der Waals surface area contributed by atoms with E-state index in [0.717, 1.165) is 55.8 Å². The van der Waals surface area contributed by atoms with E-state index >= 15 is 0 Å². The van der Waals surface area contributed by atoms with Crippen LogP contribution in [-0.4, -0.2) is 45.3 Å². The van der Waals surface area contributed by atoms with Gasteiger partial charge in [-0.3, -0.25) is 14.4 Å². The van der Waals surface area contributed by atoms with E-state index in [9.17, 15) is 14.4 Å². The van der Waals surface area contributed by atoms with Gasteiger partial charge in [0, 0.05) is 24.9 Å². The van der Waals surface area contributed by atoms with Crippen LogP contribution < -0.4 is 10.6 Å². The van der Waals surface area contributed by atoms with Gasteiger partial charge in [-0.1, -0.05) is 42.7 Å². The van der Waals surface area contributed by atoms with Crippen LogP contribution in [-0.2, 0) is 16.1 Å². The molecule has 0 radical (unpaired) electrons. The molecular formula is C28H36N4O3. The van der Waals surface area contributed by atoms with Crippen LogP contribution in [0.4, 0.5) is 5.69 Å². The minimum Gasteiger partial charge on any atom is -0.351 e. The molecule has 35 heavy (non-hydrogen) atoms. The average molecular weight is 477 g/mol. The lowest BCUT2D eigenvalue weighted by Gasteiger charge is -2.45. The maximum absolute atomic E-state index is 14.2. The highest BCUT2D eigenvalue weighted by Gasteiger charge is 2.49. The summed E-state index contributed by atoms with van der Waals surface area (Å²) in [6.45, 7) is 4.20. The van der Waals surface area contributed by atoms with Crippen molar-refractivity contribution in [1.82, 2.24) is 14.8 Å². The van der Waals surface area contributed by atoms with Crippen LogP contribution in [0, 0.1) is 0 Å². The Bertz CT molecular complexity index is 1190. The largest absolute Gasteiger partial charge is 0.351 e. The van der Waals surface area contributed by atoms with Gasteiger partial charge in [-0.05, 0) is 57.9 Å². The first-order valence-electron chi connectivity index (χ1n) is 13.1. The molecule has 2 aromatic rings. The van der Waals surface area contributed by atoms with Crippen LogP contribution >= 0.6 is 0 Å². The van der Waals surface area contributed by atoms with Gasteiger partial charge in [0.25, 0.3) is 5.91 Å². The monoisotopic (exact) mass is 476 g/mol. The van der Waals surface area contributed by atoms with Crippen LogP contribution in [0.15, 0.2) is 35.9 Å². The van der Waals surface area contributed by atoms with Crippen LogP contribution in [0.3, 0.4) is 0 Å². The molecule has 186 valence electrons. The Morgan fingerprint density at radius 3 is 2.60 bits per heavy atom. The third-order valence-electron chi connectivity index (χ3n) is 8.00. The Morgan fingerprint density at radius 2 is 1.89 bits per heavy atom. The minimum absolute atomic E-state index is 0.0834. The summed E-state index contributed by atoms with van der Waals surface area (Å²) in [4.78, 5) is 41.8. The predicted octanol–water partition coefficient (Wildman–Crippen LogP) is 4.76. The number of nitrogens with zero attached hydrogens (tertiary/aromatic N) is 2. The Kier molecular flexibility index (Phi) is 6.43. The van der Waals surface area contributed by atoms with E-state index in [2.05, 4.69) is 16.7 Å². The number of carbonyl (C=O) groups excluding carboxylic acids is 3. The first-order valence-corrected chi connectivity index (χ1v) is 13.1. The van der Waals surface area contributed by atoms with E-state index in [0.29, 0.717) is 24.5 Å². The van der Waals surface area contributed by atoms with E-state index in [1.165, 1.54) is 25.3 Å². The number of nitrogens with one attached hydrogen (secondary N) is 2. The van der Waals surface area contributed by atoms with Gasteiger partial charge in [0.05, 0.1) is 17.7 Å². The summed E-state index contributed by atoms with van der Waals surface area (Å²) >= 11 is 0. The number of allylic oxidation sites excluding steroid dienone is 1. The summed E-state index contributed by atoms with van der Waals surface area (Å²) in [5.41, 5.74) is 2.21. The highest BCUT2D eigenvalue weighted by Crippen LogP contribution is 2.39. The van der Waals surface area contributed by atoms with Crippen molar-refractivity contribution in [2.75, 3.05) is 11.9 Å². The molecule has 0 unspecified atom stereocenters. The number of para-hydroxylation sites is 1. The molecule has 1 atom stereocenters. The molecule has 2 aliphatic carbocycles. The Hall–Kier alpha value is -3.09. The lowest BCUT2D eigenvalue weighted by molar-refractivity contribution is -0.133. The number of benzene rings is 1. The van der Waals surface area contributed by atoms with E-state index in [1.54, 1.807) is 4.90 Å². The van der Waals surface area contributed by atoms with Crippen molar-refractivity contribution in [2.24, 2.45) is 0 Å². The summed E-state index contributed by atoms with van der Waals surface area (Å²) in [6.07, 6.45) is 11.9. The number of rotatable bonds is 6. The van der Waals surface area contributed by atoms with Crippen molar-refractivity contribution in [3.8, 4) is 0 Å². The van der Waals surface area contributed by atoms with Crippen molar-refractivity contribution in [1.29, 1.82) is 0 Å². The number of amides is 3. The first kappa shape index (κ1) is 23.6. The molecule has 7 heteroatoms. The number of hydrogen-bond donors (Lipinski definition) is 2. The van der Waals surface area contributed by atoms with Crippen molar-refractivity contribution >= 4 is 34.3 Å². The summed E-state index contributed by atoms with van der Waals surface area (Å²) in [7, 11) is 0. The molecule has 0 bridgehead atoms. The normalized spacial score (nSPS) is 22.7.